The second-order valence-electron chi connectivity index (χ2n) is 5.02. The van der Waals surface area contributed by atoms with E-state index >= 15 is 0 Å². The maximum atomic E-state index is 11.9. The number of halogens is 1. The number of carbonyl (C=O) groups is 1. The molecule has 1 aromatic carbocycles. The van der Waals surface area contributed by atoms with Crippen LogP contribution in [0, 0.1) is 0 Å². The van der Waals surface area contributed by atoms with Crippen LogP contribution in [0.3, 0.4) is 0 Å². The number of H-pyrrole nitrogens is 1. The molecular weight excluding hydrogens is 364 g/mol. The number of nitrogens with zero attached hydrogens (tertiary/aromatic N) is 2. The van der Waals surface area contributed by atoms with Crippen molar-refractivity contribution in [2.45, 2.75) is 18.1 Å². The Hall–Kier alpha value is -1.83. The molecule has 0 saturated heterocycles. The Morgan fingerprint density at radius 3 is 3.04 bits per heavy atom. The van der Waals surface area contributed by atoms with Crippen LogP contribution in [-0.2, 0) is 17.8 Å². The van der Waals surface area contributed by atoms with Crippen LogP contribution in [0.2, 0.25) is 5.02 Å². The van der Waals surface area contributed by atoms with Gasteiger partial charge in [0.15, 0.2) is 0 Å². The van der Waals surface area contributed by atoms with Gasteiger partial charge in [-0.05, 0) is 29.1 Å². The molecule has 0 aliphatic carbocycles. The molecule has 1 amide bonds. The number of hydrogen-bond acceptors (Lipinski definition) is 5. The highest BCUT2D eigenvalue weighted by Crippen LogP contribution is 2.16. The van der Waals surface area contributed by atoms with Crippen molar-refractivity contribution in [3.63, 3.8) is 0 Å². The lowest BCUT2D eigenvalue weighted by Crippen LogP contribution is -2.24. The standard InChI is InChI=1S/C16H15ClN4OS2/c17-12-4-1-3-11(7-12)9-18-15(22)10-24-16-19-14(20-21-16)8-13-5-2-6-23-13/h1-7H,8-10H2,(H,18,22)(H,19,20,21). The van der Waals surface area contributed by atoms with E-state index in [1.165, 1.54) is 16.6 Å². The van der Waals surface area contributed by atoms with Crippen LogP contribution in [0.25, 0.3) is 0 Å². The molecule has 0 atom stereocenters. The monoisotopic (exact) mass is 378 g/mol. The first-order valence-corrected chi connectivity index (χ1v) is 9.51. The number of nitrogens with one attached hydrogen (secondary N) is 2. The molecule has 0 saturated carbocycles. The fourth-order valence-corrected chi connectivity index (χ4v) is 3.60. The lowest BCUT2D eigenvalue weighted by molar-refractivity contribution is -0.118. The normalized spacial score (nSPS) is 10.7. The van der Waals surface area contributed by atoms with Crippen LogP contribution >= 0.6 is 34.7 Å². The van der Waals surface area contributed by atoms with E-state index in [-0.39, 0.29) is 11.7 Å². The lowest BCUT2D eigenvalue weighted by atomic mass is 10.2. The summed E-state index contributed by atoms with van der Waals surface area (Å²) in [6.07, 6.45) is 0.728. The Balaban J connectivity index is 1.43. The van der Waals surface area contributed by atoms with Crippen molar-refractivity contribution >= 4 is 40.6 Å². The van der Waals surface area contributed by atoms with Gasteiger partial charge in [-0.15, -0.1) is 16.4 Å². The zero-order chi connectivity index (χ0) is 16.8. The van der Waals surface area contributed by atoms with Crippen LogP contribution in [-0.4, -0.2) is 26.8 Å². The molecule has 0 aliphatic rings. The summed E-state index contributed by atoms with van der Waals surface area (Å²) in [7, 11) is 0. The molecule has 3 rings (SSSR count). The maximum Gasteiger partial charge on any atom is 0.230 e. The largest absolute Gasteiger partial charge is 0.351 e. The first kappa shape index (κ1) is 17.0. The average molecular weight is 379 g/mol. The highest BCUT2D eigenvalue weighted by atomic mass is 35.5. The summed E-state index contributed by atoms with van der Waals surface area (Å²) < 4.78 is 0. The first-order valence-electron chi connectivity index (χ1n) is 7.26. The van der Waals surface area contributed by atoms with Crippen LogP contribution in [0.4, 0.5) is 0 Å². The molecule has 3 aromatic rings. The summed E-state index contributed by atoms with van der Waals surface area (Å²) in [6.45, 7) is 0.456. The second kappa shape index (κ2) is 8.32. The third-order valence-corrected chi connectivity index (χ3v) is 5.10. The van der Waals surface area contributed by atoms with Gasteiger partial charge in [-0.25, -0.2) is 4.98 Å². The van der Waals surface area contributed by atoms with Crippen molar-refractivity contribution in [1.29, 1.82) is 0 Å². The van der Waals surface area contributed by atoms with E-state index in [1.54, 1.807) is 17.4 Å². The molecule has 124 valence electrons. The van der Waals surface area contributed by atoms with Crippen LogP contribution in [0.1, 0.15) is 16.3 Å². The number of carbonyl (C=O) groups excluding carboxylic acids is 1. The number of hydrogen-bond donors (Lipinski definition) is 2. The molecule has 2 aromatic heterocycles. The quantitative estimate of drug-likeness (QED) is 0.617. The molecule has 0 unspecified atom stereocenters. The predicted octanol–water partition coefficient (Wildman–Crippen LogP) is 3.52. The molecule has 0 fully saturated rings. The summed E-state index contributed by atoms with van der Waals surface area (Å²) in [5.41, 5.74) is 0.969. The SMILES string of the molecule is O=C(CSc1n[nH]c(Cc2cccs2)n1)NCc1cccc(Cl)c1. The van der Waals surface area contributed by atoms with E-state index in [0.717, 1.165) is 17.8 Å². The summed E-state index contributed by atoms with van der Waals surface area (Å²) in [4.78, 5) is 17.5. The molecule has 0 radical (unpaired) electrons. The van der Waals surface area contributed by atoms with Gasteiger partial charge in [0.1, 0.15) is 5.82 Å². The number of amides is 1. The zero-order valence-corrected chi connectivity index (χ0v) is 15.0. The minimum absolute atomic E-state index is 0.0652. The molecule has 0 aliphatic heterocycles. The van der Waals surface area contributed by atoms with Gasteiger partial charge in [-0.1, -0.05) is 41.6 Å². The molecular formula is C16H15ClN4OS2. The number of thiophene rings is 1. The Morgan fingerprint density at radius 2 is 2.25 bits per heavy atom. The molecule has 2 heterocycles. The number of thioether (sulfide) groups is 1. The van der Waals surface area contributed by atoms with Gasteiger partial charge in [-0.2, -0.15) is 0 Å². The number of aromatic nitrogens is 3. The van der Waals surface area contributed by atoms with Gasteiger partial charge < -0.3 is 5.32 Å². The molecule has 0 spiro atoms. The fraction of sp³-hybridized carbons (Fsp3) is 0.188. The van der Waals surface area contributed by atoms with Gasteiger partial charge in [0.05, 0.1) is 5.75 Å². The van der Waals surface area contributed by atoms with E-state index in [0.29, 0.717) is 16.7 Å². The molecule has 24 heavy (non-hydrogen) atoms. The van der Waals surface area contributed by atoms with Crippen LogP contribution in [0.5, 0.6) is 0 Å². The van der Waals surface area contributed by atoms with Crippen molar-refractivity contribution in [1.82, 2.24) is 20.5 Å². The topological polar surface area (TPSA) is 70.7 Å². The third kappa shape index (κ3) is 5.09. The summed E-state index contributed by atoms with van der Waals surface area (Å²) >= 11 is 8.91. The summed E-state index contributed by atoms with van der Waals surface area (Å²) in [5, 5.41) is 13.2. The summed E-state index contributed by atoms with van der Waals surface area (Å²) in [6, 6.07) is 11.5. The van der Waals surface area contributed by atoms with Gasteiger partial charge in [0.25, 0.3) is 0 Å². The van der Waals surface area contributed by atoms with Crippen molar-refractivity contribution < 1.29 is 4.79 Å². The Kier molecular flexibility index (Phi) is 5.90. The van der Waals surface area contributed by atoms with E-state index in [1.807, 2.05) is 29.6 Å². The zero-order valence-electron chi connectivity index (χ0n) is 12.7. The Morgan fingerprint density at radius 1 is 1.33 bits per heavy atom. The Bertz CT molecular complexity index is 804. The lowest BCUT2D eigenvalue weighted by Gasteiger charge is -2.04. The van der Waals surface area contributed by atoms with Crippen molar-refractivity contribution in [2.75, 3.05) is 5.75 Å². The van der Waals surface area contributed by atoms with Crippen molar-refractivity contribution in [3.8, 4) is 0 Å². The van der Waals surface area contributed by atoms with Crippen molar-refractivity contribution in [3.05, 3.63) is 63.1 Å². The van der Waals surface area contributed by atoms with Crippen LogP contribution in [0.15, 0.2) is 46.9 Å². The second-order valence-corrected chi connectivity index (χ2v) is 7.43. The minimum atomic E-state index is -0.0652. The Labute approximate surface area is 152 Å². The van der Waals surface area contributed by atoms with E-state index < -0.39 is 0 Å². The molecule has 2 N–H and O–H groups in total. The van der Waals surface area contributed by atoms with E-state index in [2.05, 4.69) is 26.6 Å². The van der Waals surface area contributed by atoms with Gasteiger partial charge >= 0.3 is 0 Å². The van der Waals surface area contributed by atoms with Gasteiger partial charge in [0.2, 0.25) is 11.1 Å². The van der Waals surface area contributed by atoms with Crippen molar-refractivity contribution in [2.24, 2.45) is 0 Å². The van der Waals surface area contributed by atoms with Gasteiger partial charge in [0, 0.05) is 22.9 Å². The molecule has 5 nitrogen and oxygen atoms in total. The molecule has 8 heteroatoms. The highest BCUT2D eigenvalue weighted by Gasteiger charge is 2.08. The van der Waals surface area contributed by atoms with Gasteiger partial charge in [-0.3, -0.25) is 9.89 Å². The number of benzene rings is 1. The first-order chi connectivity index (χ1) is 11.7. The minimum Gasteiger partial charge on any atom is -0.351 e. The van der Waals surface area contributed by atoms with Crippen LogP contribution < -0.4 is 5.32 Å². The van der Waals surface area contributed by atoms with E-state index in [9.17, 15) is 4.79 Å². The fourth-order valence-electron chi connectivity index (χ4n) is 2.03. The molecule has 0 bridgehead atoms. The highest BCUT2D eigenvalue weighted by molar-refractivity contribution is 7.99. The maximum absolute atomic E-state index is 11.9. The third-order valence-electron chi connectivity index (χ3n) is 3.14. The number of rotatable bonds is 7. The van der Waals surface area contributed by atoms with E-state index in [4.69, 9.17) is 11.6 Å². The smallest absolute Gasteiger partial charge is 0.230 e. The summed E-state index contributed by atoms with van der Waals surface area (Å²) in [5.74, 6) is 1.01. The average Bonchev–Trinajstić information content (AvgIpc) is 3.23. The number of aromatic amines is 1. The predicted molar refractivity (Wildman–Crippen MR) is 97.5 cm³/mol.